The summed E-state index contributed by atoms with van der Waals surface area (Å²) in [4.78, 5) is 6.87. The Kier molecular flexibility index (Phi) is 4.42. The highest BCUT2D eigenvalue weighted by Gasteiger charge is 2.23. The summed E-state index contributed by atoms with van der Waals surface area (Å²) in [7, 11) is 4.20. The van der Waals surface area contributed by atoms with Gasteiger partial charge in [0.1, 0.15) is 5.82 Å². The van der Waals surface area contributed by atoms with Crippen LogP contribution in [0, 0.1) is 3.57 Å². The number of nitrogens with zero attached hydrogens (tertiary/aromatic N) is 3. The maximum Gasteiger partial charge on any atom is 0.124 e. The highest BCUT2D eigenvalue weighted by atomic mass is 127. The van der Waals surface area contributed by atoms with Crippen molar-refractivity contribution in [2.45, 2.75) is 31.8 Å². The van der Waals surface area contributed by atoms with E-state index in [9.17, 15) is 0 Å². The molecule has 0 spiro atoms. The third kappa shape index (κ3) is 3.06. The molecule has 19 heavy (non-hydrogen) atoms. The van der Waals surface area contributed by atoms with Gasteiger partial charge in [-0.15, -0.1) is 11.6 Å². The lowest BCUT2D eigenvalue weighted by Crippen LogP contribution is -2.42. The second kappa shape index (κ2) is 5.58. The van der Waals surface area contributed by atoms with Gasteiger partial charge in [-0.05, 0) is 68.7 Å². The van der Waals surface area contributed by atoms with Crippen LogP contribution in [-0.2, 0) is 12.4 Å². The van der Waals surface area contributed by atoms with Crippen molar-refractivity contribution in [2.75, 3.05) is 14.1 Å². The van der Waals surface area contributed by atoms with E-state index in [-0.39, 0.29) is 5.54 Å². The Hall–Kier alpha value is -0.330. The summed E-state index contributed by atoms with van der Waals surface area (Å²) >= 11 is 8.36. The predicted molar refractivity (Wildman–Crippen MR) is 89.8 cm³/mol. The molecule has 3 nitrogen and oxygen atoms in total. The van der Waals surface area contributed by atoms with Crippen molar-refractivity contribution in [1.82, 2.24) is 14.5 Å². The highest BCUT2D eigenvalue weighted by Crippen LogP contribution is 2.23. The molecular formula is C14H19ClIN3. The maximum atomic E-state index is 6.05. The quantitative estimate of drug-likeness (QED) is 0.585. The van der Waals surface area contributed by atoms with E-state index in [1.807, 2.05) is 0 Å². The van der Waals surface area contributed by atoms with Gasteiger partial charge in [0.2, 0.25) is 0 Å². The monoisotopic (exact) mass is 391 g/mol. The van der Waals surface area contributed by atoms with E-state index in [0.717, 1.165) is 23.4 Å². The molecule has 0 aliphatic carbocycles. The molecule has 0 aliphatic rings. The maximum absolute atomic E-state index is 6.05. The topological polar surface area (TPSA) is 21.1 Å². The largest absolute Gasteiger partial charge is 0.325 e. The lowest BCUT2D eigenvalue weighted by molar-refractivity contribution is 0.170. The average Bonchev–Trinajstić information content (AvgIpc) is 2.65. The molecule has 1 aromatic heterocycles. The highest BCUT2D eigenvalue weighted by molar-refractivity contribution is 14.1. The minimum Gasteiger partial charge on any atom is -0.325 e. The molecule has 0 radical (unpaired) electrons. The number of aromatic nitrogens is 2. The first-order valence-electron chi connectivity index (χ1n) is 6.23. The van der Waals surface area contributed by atoms with Gasteiger partial charge in [0.05, 0.1) is 16.9 Å². The van der Waals surface area contributed by atoms with Gasteiger partial charge in [-0.2, -0.15) is 0 Å². The van der Waals surface area contributed by atoms with Crippen LogP contribution in [0.5, 0.6) is 0 Å². The zero-order valence-corrected chi connectivity index (χ0v) is 14.7. The normalized spacial score (nSPS) is 12.6. The van der Waals surface area contributed by atoms with Crippen LogP contribution in [0.1, 0.15) is 19.7 Å². The van der Waals surface area contributed by atoms with E-state index in [1.54, 1.807) is 0 Å². The molecule has 0 bridgehead atoms. The molecule has 0 unspecified atom stereocenters. The Morgan fingerprint density at radius 2 is 2.05 bits per heavy atom. The molecule has 0 saturated carbocycles. The van der Waals surface area contributed by atoms with Gasteiger partial charge >= 0.3 is 0 Å². The van der Waals surface area contributed by atoms with Crippen molar-refractivity contribution in [2.24, 2.45) is 0 Å². The Morgan fingerprint density at radius 1 is 1.37 bits per heavy atom. The number of alkyl halides is 1. The Labute approximate surface area is 133 Å². The van der Waals surface area contributed by atoms with Crippen LogP contribution in [0.2, 0.25) is 0 Å². The summed E-state index contributed by atoms with van der Waals surface area (Å²) in [5, 5.41) is 0. The van der Waals surface area contributed by atoms with Crippen LogP contribution in [-0.4, -0.2) is 34.1 Å². The van der Waals surface area contributed by atoms with E-state index >= 15 is 0 Å². The molecule has 0 saturated heterocycles. The van der Waals surface area contributed by atoms with Crippen molar-refractivity contribution < 1.29 is 0 Å². The smallest absolute Gasteiger partial charge is 0.124 e. The number of likely N-dealkylation sites (N-methyl/N-ethyl adjacent to an activating group) is 1. The first-order valence-corrected chi connectivity index (χ1v) is 7.84. The summed E-state index contributed by atoms with van der Waals surface area (Å²) < 4.78 is 3.43. The zero-order valence-electron chi connectivity index (χ0n) is 11.7. The summed E-state index contributed by atoms with van der Waals surface area (Å²) in [5.74, 6) is 1.38. The van der Waals surface area contributed by atoms with Crippen LogP contribution in [0.25, 0.3) is 11.0 Å². The molecule has 0 aliphatic heterocycles. The predicted octanol–water partition coefficient (Wildman–Crippen LogP) is 3.72. The number of halogens is 2. The van der Waals surface area contributed by atoms with E-state index < -0.39 is 0 Å². The number of fused-ring (bicyclic) bond motifs is 1. The Morgan fingerprint density at radius 3 is 2.63 bits per heavy atom. The second-order valence-corrected chi connectivity index (χ2v) is 7.10. The summed E-state index contributed by atoms with van der Waals surface area (Å²) in [5.41, 5.74) is 2.24. The number of hydrogen-bond donors (Lipinski definition) is 0. The van der Waals surface area contributed by atoms with Gasteiger partial charge < -0.3 is 9.47 Å². The van der Waals surface area contributed by atoms with Crippen LogP contribution in [0.15, 0.2) is 18.2 Å². The van der Waals surface area contributed by atoms with E-state index in [0.29, 0.717) is 5.88 Å². The number of imidazole rings is 1. The fourth-order valence-corrected chi connectivity index (χ4v) is 2.64. The second-order valence-electron chi connectivity index (χ2n) is 5.59. The van der Waals surface area contributed by atoms with Gasteiger partial charge in [-0.3, -0.25) is 0 Å². The van der Waals surface area contributed by atoms with Crippen molar-refractivity contribution in [3.63, 3.8) is 0 Å². The molecule has 0 fully saturated rings. The number of rotatable bonds is 4. The fraction of sp³-hybridized carbons (Fsp3) is 0.500. The summed E-state index contributed by atoms with van der Waals surface area (Å²) in [6.45, 7) is 5.33. The van der Waals surface area contributed by atoms with Crippen molar-refractivity contribution in [3.8, 4) is 0 Å². The molecule has 0 N–H and O–H groups in total. The summed E-state index contributed by atoms with van der Waals surface area (Å²) in [6, 6.07) is 6.35. The van der Waals surface area contributed by atoms with Crippen molar-refractivity contribution >= 4 is 45.2 Å². The lowest BCUT2D eigenvalue weighted by atomic mass is 10.0. The Balaban J connectivity index is 2.52. The summed E-state index contributed by atoms with van der Waals surface area (Å²) in [6.07, 6.45) is 0. The van der Waals surface area contributed by atoms with Gasteiger partial charge in [0, 0.05) is 15.7 Å². The van der Waals surface area contributed by atoms with Crippen molar-refractivity contribution in [1.29, 1.82) is 0 Å². The molecule has 2 rings (SSSR count). The van der Waals surface area contributed by atoms with Crippen molar-refractivity contribution in [3.05, 3.63) is 27.6 Å². The lowest BCUT2D eigenvalue weighted by Gasteiger charge is -2.33. The van der Waals surface area contributed by atoms with Crippen LogP contribution < -0.4 is 0 Å². The van der Waals surface area contributed by atoms with Gasteiger partial charge in [-0.1, -0.05) is 0 Å². The fourth-order valence-electron chi connectivity index (χ4n) is 1.96. The zero-order chi connectivity index (χ0) is 14.2. The van der Waals surface area contributed by atoms with Gasteiger partial charge in [0.15, 0.2) is 0 Å². The minimum absolute atomic E-state index is 0.0530. The number of hydrogen-bond acceptors (Lipinski definition) is 2. The first-order chi connectivity index (χ1) is 8.85. The molecule has 0 amide bonds. The molecular weight excluding hydrogens is 373 g/mol. The third-order valence-corrected chi connectivity index (χ3v) is 4.57. The molecule has 1 aromatic carbocycles. The molecule has 2 aromatic rings. The first kappa shape index (κ1) is 15.1. The van der Waals surface area contributed by atoms with E-state index in [2.05, 4.69) is 83.2 Å². The molecule has 5 heteroatoms. The molecule has 104 valence electrons. The standard InChI is InChI=1S/C14H19ClIN3/c1-14(2,18(3)4)9-19-12-6-5-10(16)7-11(12)17-13(19)8-15/h5-7H,8-9H2,1-4H3. The van der Waals surface area contributed by atoms with Crippen LogP contribution >= 0.6 is 34.2 Å². The number of benzene rings is 1. The van der Waals surface area contributed by atoms with Gasteiger partial charge in [0.25, 0.3) is 0 Å². The van der Waals surface area contributed by atoms with E-state index in [4.69, 9.17) is 11.6 Å². The average molecular weight is 392 g/mol. The van der Waals surface area contributed by atoms with Crippen LogP contribution in [0.4, 0.5) is 0 Å². The molecule has 0 atom stereocenters. The van der Waals surface area contributed by atoms with Crippen LogP contribution in [0.3, 0.4) is 0 Å². The Bertz CT molecular complexity index is 590. The third-order valence-electron chi connectivity index (χ3n) is 3.66. The minimum atomic E-state index is 0.0530. The SMILES string of the molecule is CN(C)C(C)(C)Cn1c(CCl)nc2cc(I)ccc21. The molecule has 1 heterocycles. The van der Waals surface area contributed by atoms with E-state index in [1.165, 1.54) is 3.57 Å². The van der Waals surface area contributed by atoms with Gasteiger partial charge in [-0.25, -0.2) is 4.98 Å².